The molecule has 0 fully saturated rings. The molecule has 1 heterocycles. The van der Waals surface area contributed by atoms with E-state index in [1.54, 1.807) is 10.4 Å². The molecule has 0 aliphatic heterocycles. The normalized spacial score (nSPS) is 13.9. The molecule has 0 aromatic carbocycles. The van der Waals surface area contributed by atoms with Crippen LogP contribution in [0.3, 0.4) is 0 Å². The van der Waals surface area contributed by atoms with Crippen molar-refractivity contribution < 1.29 is 4.79 Å². The van der Waals surface area contributed by atoms with Gasteiger partial charge in [0, 0.05) is 35.3 Å². The Kier molecular flexibility index (Phi) is 4.78. The van der Waals surface area contributed by atoms with Gasteiger partial charge in [-0.15, -0.1) is 11.3 Å². The maximum Gasteiger partial charge on any atom is 0.221 e. The van der Waals surface area contributed by atoms with Crippen molar-refractivity contribution in [2.75, 3.05) is 6.54 Å². The quantitative estimate of drug-likeness (QED) is 0.775. The van der Waals surface area contributed by atoms with Crippen LogP contribution >= 0.6 is 11.3 Å². The minimum absolute atomic E-state index is 0.131. The summed E-state index contributed by atoms with van der Waals surface area (Å²) in [6, 6.07) is 2.56. The first-order chi connectivity index (χ1) is 8.65. The van der Waals surface area contributed by atoms with Gasteiger partial charge in [-0.05, 0) is 44.7 Å². The van der Waals surface area contributed by atoms with Crippen molar-refractivity contribution in [2.45, 2.75) is 52.1 Å². The van der Waals surface area contributed by atoms with E-state index in [2.05, 4.69) is 16.7 Å². The summed E-state index contributed by atoms with van der Waals surface area (Å²) in [7, 11) is 0. The number of carbonyl (C=O) groups excluding carboxylic acids is 1. The summed E-state index contributed by atoms with van der Waals surface area (Å²) in [4.78, 5) is 14.4. The third-order valence-corrected chi connectivity index (χ3v) is 4.31. The summed E-state index contributed by atoms with van der Waals surface area (Å²) in [5.74, 6) is 0.131. The highest BCUT2D eigenvalue weighted by molar-refractivity contribution is 7.12. The van der Waals surface area contributed by atoms with Crippen molar-refractivity contribution in [1.29, 1.82) is 0 Å². The lowest BCUT2D eigenvalue weighted by atomic mass is 10.2. The van der Waals surface area contributed by atoms with Crippen molar-refractivity contribution in [2.24, 2.45) is 0 Å². The number of amides is 1. The summed E-state index contributed by atoms with van der Waals surface area (Å²) >= 11 is 1.93. The highest BCUT2D eigenvalue weighted by Gasteiger charge is 2.14. The second-order valence-electron chi connectivity index (χ2n) is 5.16. The molecule has 3 nitrogen and oxygen atoms in total. The molecule has 0 atom stereocenters. The Morgan fingerprint density at radius 3 is 3.00 bits per heavy atom. The SMILES string of the molecule is CC(C)NC(=O)CCNCc1cc2c(s1)CCC2. The molecule has 1 aliphatic carbocycles. The summed E-state index contributed by atoms with van der Waals surface area (Å²) < 4.78 is 0. The number of aryl methyl sites for hydroxylation is 2. The molecule has 1 aromatic rings. The fourth-order valence-electron chi connectivity index (χ4n) is 2.29. The first-order valence-corrected chi connectivity index (χ1v) is 7.57. The number of hydrogen-bond acceptors (Lipinski definition) is 3. The Morgan fingerprint density at radius 2 is 2.28 bits per heavy atom. The molecule has 0 unspecified atom stereocenters. The van der Waals surface area contributed by atoms with Crippen LogP contribution in [-0.4, -0.2) is 18.5 Å². The highest BCUT2D eigenvalue weighted by atomic mass is 32.1. The number of hydrogen-bond donors (Lipinski definition) is 2. The van der Waals surface area contributed by atoms with Crippen LogP contribution in [0.5, 0.6) is 0 Å². The average molecular weight is 266 g/mol. The Labute approximate surface area is 113 Å². The molecule has 18 heavy (non-hydrogen) atoms. The number of thiophene rings is 1. The number of nitrogens with one attached hydrogen (secondary N) is 2. The predicted molar refractivity (Wildman–Crippen MR) is 75.9 cm³/mol. The topological polar surface area (TPSA) is 41.1 Å². The second-order valence-corrected chi connectivity index (χ2v) is 6.38. The van der Waals surface area contributed by atoms with Gasteiger partial charge in [-0.1, -0.05) is 0 Å². The largest absolute Gasteiger partial charge is 0.354 e. The molecule has 0 radical (unpaired) electrons. The molecular formula is C14H22N2OS. The zero-order valence-electron chi connectivity index (χ0n) is 11.2. The molecule has 0 saturated carbocycles. The Bertz CT molecular complexity index is 390. The lowest BCUT2D eigenvalue weighted by Crippen LogP contribution is -2.32. The summed E-state index contributed by atoms with van der Waals surface area (Å²) in [6.45, 7) is 5.62. The van der Waals surface area contributed by atoms with E-state index >= 15 is 0 Å². The van der Waals surface area contributed by atoms with Gasteiger partial charge in [0.2, 0.25) is 5.91 Å². The van der Waals surface area contributed by atoms with Crippen LogP contribution in [0.4, 0.5) is 0 Å². The summed E-state index contributed by atoms with van der Waals surface area (Å²) in [5.41, 5.74) is 1.55. The molecule has 0 spiro atoms. The predicted octanol–water partition coefficient (Wildman–Crippen LogP) is 2.24. The Hall–Kier alpha value is -0.870. The van der Waals surface area contributed by atoms with E-state index in [-0.39, 0.29) is 11.9 Å². The van der Waals surface area contributed by atoms with Gasteiger partial charge in [0.25, 0.3) is 0 Å². The van der Waals surface area contributed by atoms with Crippen LogP contribution in [0.1, 0.15) is 42.0 Å². The van der Waals surface area contributed by atoms with E-state index in [0.717, 1.165) is 13.1 Å². The highest BCUT2D eigenvalue weighted by Crippen LogP contribution is 2.30. The van der Waals surface area contributed by atoms with E-state index in [0.29, 0.717) is 6.42 Å². The molecule has 2 rings (SSSR count). The van der Waals surface area contributed by atoms with Gasteiger partial charge in [0.1, 0.15) is 0 Å². The zero-order chi connectivity index (χ0) is 13.0. The Morgan fingerprint density at radius 1 is 1.44 bits per heavy atom. The van der Waals surface area contributed by atoms with Gasteiger partial charge >= 0.3 is 0 Å². The fraction of sp³-hybridized carbons (Fsp3) is 0.643. The third-order valence-electron chi connectivity index (χ3n) is 3.08. The summed E-state index contributed by atoms with van der Waals surface area (Å²) in [6.07, 6.45) is 4.40. The average Bonchev–Trinajstić information content (AvgIpc) is 2.83. The standard InChI is InChI=1S/C14H22N2OS/c1-10(2)16-14(17)6-7-15-9-12-8-11-4-3-5-13(11)18-12/h8,10,15H,3-7,9H2,1-2H3,(H,16,17). The van der Waals surface area contributed by atoms with E-state index in [4.69, 9.17) is 0 Å². The van der Waals surface area contributed by atoms with E-state index < -0.39 is 0 Å². The minimum atomic E-state index is 0.131. The van der Waals surface area contributed by atoms with Gasteiger partial charge in [-0.25, -0.2) is 0 Å². The van der Waals surface area contributed by atoms with Crippen molar-refractivity contribution >= 4 is 17.2 Å². The van der Waals surface area contributed by atoms with Crippen LogP contribution in [0.15, 0.2) is 6.07 Å². The molecule has 1 aliphatic rings. The first kappa shape index (κ1) is 13.6. The smallest absolute Gasteiger partial charge is 0.221 e. The van der Waals surface area contributed by atoms with Gasteiger partial charge in [-0.2, -0.15) is 0 Å². The van der Waals surface area contributed by atoms with Crippen LogP contribution in [-0.2, 0) is 24.2 Å². The van der Waals surface area contributed by atoms with Gasteiger partial charge < -0.3 is 10.6 Å². The summed E-state index contributed by atoms with van der Waals surface area (Å²) in [5, 5.41) is 6.24. The zero-order valence-corrected chi connectivity index (χ0v) is 12.0. The Balaban J connectivity index is 1.64. The molecule has 2 N–H and O–H groups in total. The third kappa shape index (κ3) is 3.82. The molecule has 0 saturated heterocycles. The van der Waals surface area contributed by atoms with E-state index in [1.807, 2.05) is 25.2 Å². The monoisotopic (exact) mass is 266 g/mol. The molecule has 1 amide bonds. The van der Waals surface area contributed by atoms with Crippen molar-refractivity contribution in [3.05, 3.63) is 21.4 Å². The molecule has 4 heteroatoms. The van der Waals surface area contributed by atoms with Crippen molar-refractivity contribution in [3.63, 3.8) is 0 Å². The van der Waals surface area contributed by atoms with Crippen LogP contribution in [0, 0.1) is 0 Å². The number of rotatable bonds is 6. The van der Waals surface area contributed by atoms with Gasteiger partial charge in [-0.3, -0.25) is 4.79 Å². The van der Waals surface area contributed by atoms with Crippen molar-refractivity contribution in [3.8, 4) is 0 Å². The molecular weight excluding hydrogens is 244 g/mol. The second kappa shape index (κ2) is 6.34. The maximum absolute atomic E-state index is 11.4. The lowest BCUT2D eigenvalue weighted by Gasteiger charge is -2.08. The first-order valence-electron chi connectivity index (χ1n) is 6.75. The van der Waals surface area contributed by atoms with E-state index in [9.17, 15) is 4.79 Å². The minimum Gasteiger partial charge on any atom is -0.354 e. The maximum atomic E-state index is 11.4. The molecule has 1 aromatic heterocycles. The number of carbonyl (C=O) groups is 1. The lowest BCUT2D eigenvalue weighted by molar-refractivity contribution is -0.121. The number of fused-ring (bicyclic) bond motifs is 1. The fourth-order valence-corrected chi connectivity index (χ4v) is 3.52. The molecule has 0 bridgehead atoms. The van der Waals surface area contributed by atoms with Crippen LogP contribution < -0.4 is 10.6 Å². The van der Waals surface area contributed by atoms with Gasteiger partial charge in [0.15, 0.2) is 0 Å². The van der Waals surface area contributed by atoms with Gasteiger partial charge in [0.05, 0.1) is 0 Å². The molecule has 100 valence electrons. The van der Waals surface area contributed by atoms with E-state index in [1.165, 1.54) is 24.1 Å². The van der Waals surface area contributed by atoms with Crippen molar-refractivity contribution in [1.82, 2.24) is 10.6 Å². The van der Waals surface area contributed by atoms with Crippen LogP contribution in [0.25, 0.3) is 0 Å². The van der Waals surface area contributed by atoms with Crippen LogP contribution in [0.2, 0.25) is 0 Å².